The summed E-state index contributed by atoms with van der Waals surface area (Å²) in [6, 6.07) is 37.0. The molecule has 0 spiro atoms. The predicted molar refractivity (Wildman–Crippen MR) is 170 cm³/mol. The summed E-state index contributed by atoms with van der Waals surface area (Å²) in [5.41, 5.74) is 11.3. The fraction of sp³-hybridized carbons (Fsp3) is 0.211. The molecule has 3 nitrogen and oxygen atoms in total. The average molecular weight is 535 g/mol. The molecule has 0 aliphatic heterocycles. The Bertz CT molecular complexity index is 1940. The van der Waals surface area contributed by atoms with Crippen LogP contribution in [0.5, 0.6) is 0 Å². The first kappa shape index (κ1) is 26.5. The molecule has 0 aliphatic carbocycles. The van der Waals surface area contributed by atoms with E-state index < -0.39 is 0 Å². The first-order valence-corrected chi connectivity index (χ1v) is 14.5. The number of imidazole rings is 1. The summed E-state index contributed by atoms with van der Waals surface area (Å²) in [5.74, 6) is 1.63. The summed E-state index contributed by atoms with van der Waals surface area (Å²) in [5, 5.41) is 12.8. The molecule has 1 aromatic heterocycles. The zero-order valence-electron chi connectivity index (χ0n) is 24.7. The molecular weight excluding hydrogens is 498 g/mol. The molecule has 202 valence electrons. The Kier molecular flexibility index (Phi) is 6.72. The highest BCUT2D eigenvalue weighted by Crippen LogP contribution is 2.38. The third-order valence-corrected chi connectivity index (χ3v) is 8.43. The maximum absolute atomic E-state index is 10.4. The molecule has 5 aromatic carbocycles. The zero-order chi connectivity index (χ0) is 28.8. The molecule has 0 atom stereocenters. The molecule has 0 bridgehead atoms. The van der Waals surface area contributed by atoms with Crippen LogP contribution in [0.2, 0.25) is 0 Å². The van der Waals surface area contributed by atoms with Crippen LogP contribution in [0.3, 0.4) is 0 Å². The first-order valence-electron chi connectivity index (χ1n) is 14.5. The number of para-hydroxylation sites is 1. The van der Waals surface area contributed by atoms with E-state index in [1.165, 1.54) is 49.8 Å². The fourth-order valence-electron chi connectivity index (χ4n) is 6.30. The molecule has 0 unspecified atom stereocenters. The number of hydrogen-bond acceptors (Lipinski definition) is 1. The lowest BCUT2D eigenvalue weighted by molar-refractivity contribution is -0.557. The summed E-state index contributed by atoms with van der Waals surface area (Å²) in [7, 11) is 2.13. The van der Waals surface area contributed by atoms with Crippen molar-refractivity contribution in [2.75, 3.05) is 0 Å². The Morgan fingerprint density at radius 3 is 2.05 bits per heavy atom. The predicted octanol–water partition coefficient (Wildman–Crippen LogP) is 9.37. The highest BCUT2D eigenvalue weighted by atomic mass is 15.2. The van der Waals surface area contributed by atoms with Gasteiger partial charge in [-0.25, -0.2) is 4.57 Å². The number of nitriles is 1. The van der Waals surface area contributed by atoms with Gasteiger partial charge in [0, 0.05) is 11.1 Å². The van der Waals surface area contributed by atoms with Crippen molar-refractivity contribution in [3.8, 4) is 34.3 Å². The van der Waals surface area contributed by atoms with Gasteiger partial charge < -0.3 is 0 Å². The number of aryl methyl sites for hydroxylation is 2. The monoisotopic (exact) mass is 534 g/mol. The minimum atomic E-state index is 0.272. The van der Waals surface area contributed by atoms with Gasteiger partial charge in [-0.1, -0.05) is 94.4 Å². The van der Waals surface area contributed by atoms with Crippen molar-refractivity contribution in [3.05, 3.63) is 119 Å². The molecule has 3 heteroatoms. The molecule has 0 saturated heterocycles. The van der Waals surface area contributed by atoms with Crippen LogP contribution in [-0.4, -0.2) is 4.57 Å². The van der Waals surface area contributed by atoms with Crippen LogP contribution in [0.4, 0.5) is 0 Å². The number of aromatic nitrogens is 2. The Labute approximate surface area is 242 Å². The lowest BCUT2D eigenvalue weighted by atomic mass is 9.88. The van der Waals surface area contributed by atoms with Gasteiger partial charge in [0.1, 0.15) is 17.3 Å². The van der Waals surface area contributed by atoms with E-state index in [4.69, 9.17) is 0 Å². The van der Waals surface area contributed by atoms with E-state index in [1.807, 2.05) is 12.1 Å². The van der Waals surface area contributed by atoms with E-state index in [9.17, 15) is 5.26 Å². The molecule has 0 aliphatic rings. The number of nitrogens with zero attached hydrogens (tertiary/aromatic N) is 3. The van der Waals surface area contributed by atoms with E-state index in [0.29, 0.717) is 5.56 Å². The van der Waals surface area contributed by atoms with E-state index in [-0.39, 0.29) is 11.8 Å². The summed E-state index contributed by atoms with van der Waals surface area (Å²) < 4.78 is 4.66. The van der Waals surface area contributed by atoms with E-state index in [0.717, 1.165) is 16.9 Å². The second-order valence-electron chi connectivity index (χ2n) is 11.6. The third kappa shape index (κ3) is 4.32. The lowest BCUT2D eigenvalue weighted by Gasteiger charge is -2.21. The van der Waals surface area contributed by atoms with Crippen molar-refractivity contribution in [3.63, 3.8) is 0 Å². The molecule has 1 heterocycles. The van der Waals surface area contributed by atoms with E-state index in [1.54, 1.807) is 0 Å². The second kappa shape index (κ2) is 10.4. The van der Waals surface area contributed by atoms with Crippen molar-refractivity contribution in [1.29, 1.82) is 5.26 Å². The molecule has 0 fully saturated rings. The van der Waals surface area contributed by atoms with Gasteiger partial charge >= 0.3 is 0 Å². The summed E-state index contributed by atoms with van der Waals surface area (Å²) in [6.45, 7) is 11.3. The molecule has 0 amide bonds. The molecule has 6 rings (SSSR count). The Balaban J connectivity index is 1.81. The van der Waals surface area contributed by atoms with Crippen LogP contribution in [0.15, 0.2) is 97.1 Å². The normalized spacial score (nSPS) is 11.6. The second-order valence-corrected chi connectivity index (χ2v) is 11.6. The minimum absolute atomic E-state index is 0.272. The van der Waals surface area contributed by atoms with Gasteiger partial charge in [0.05, 0.1) is 12.6 Å². The van der Waals surface area contributed by atoms with Gasteiger partial charge in [0.15, 0.2) is 11.0 Å². The minimum Gasteiger partial charge on any atom is -0.225 e. The Morgan fingerprint density at radius 2 is 1.39 bits per heavy atom. The van der Waals surface area contributed by atoms with Crippen LogP contribution in [-0.2, 0) is 7.05 Å². The van der Waals surface area contributed by atoms with Crippen molar-refractivity contribution in [2.45, 2.75) is 46.5 Å². The SMILES string of the molecule is Cc1c(-c2n(C)c3cccc(C#N)c3[n+]2-c2c(C(C)C)cc(-c3ccccc3)cc2C(C)C)ccc2ccccc12. The van der Waals surface area contributed by atoms with Crippen LogP contribution in [0.25, 0.3) is 50.0 Å². The van der Waals surface area contributed by atoms with E-state index >= 15 is 0 Å². The Hall–Kier alpha value is -4.68. The van der Waals surface area contributed by atoms with Crippen LogP contribution in [0.1, 0.15) is 61.8 Å². The summed E-state index contributed by atoms with van der Waals surface area (Å²) in [6.07, 6.45) is 0. The standard InChI is InChI=1S/C38H36N3/c1-24(2)33-21-30(27-13-8-7-9-14-27)22-34(25(3)4)37(33)41-36-29(23-39)16-12-18-35(36)40(6)38(41)32-20-19-28-15-10-11-17-31(28)26(32)5/h7-22,24-25H,1-6H3/q+1. The third-order valence-electron chi connectivity index (χ3n) is 8.43. The maximum Gasteiger partial charge on any atom is 0.295 e. The molecule has 0 saturated carbocycles. The maximum atomic E-state index is 10.4. The largest absolute Gasteiger partial charge is 0.295 e. The van der Waals surface area contributed by atoms with E-state index in [2.05, 4.69) is 142 Å². The first-order chi connectivity index (χ1) is 19.8. The molecule has 0 radical (unpaired) electrons. The summed E-state index contributed by atoms with van der Waals surface area (Å²) in [4.78, 5) is 0. The van der Waals surface area contributed by atoms with Crippen molar-refractivity contribution in [1.82, 2.24) is 4.57 Å². The topological polar surface area (TPSA) is 32.6 Å². The highest BCUT2D eigenvalue weighted by Gasteiger charge is 2.33. The number of rotatable bonds is 5. The average Bonchev–Trinajstić information content (AvgIpc) is 3.28. The molecule has 6 aromatic rings. The number of fused-ring (bicyclic) bond motifs is 2. The quantitative estimate of drug-likeness (QED) is 0.203. The Morgan fingerprint density at radius 1 is 0.732 bits per heavy atom. The van der Waals surface area contributed by atoms with Crippen molar-refractivity contribution < 1.29 is 4.57 Å². The van der Waals surface area contributed by atoms with Gasteiger partial charge in [-0.05, 0) is 76.6 Å². The molecule has 0 N–H and O–H groups in total. The van der Waals surface area contributed by atoms with Crippen LogP contribution >= 0.6 is 0 Å². The number of hydrogen-bond donors (Lipinski definition) is 0. The van der Waals surface area contributed by atoms with Crippen molar-refractivity contribution >= 4 is 21.8 Å². The zero-order valence-corrected chi connectivity index (χ0v) is 24.7. The molecular formula is C38H36N3+. The lowest BCUT2D eigenvalue weighted by Crippen LogP contribution is -2.37. The van der Waals surface area contributed by atoms with Gasteiger partial charge in [-0.3, -0.25) is 0 Å². The van der Waals surface area contributed by atoms with Crippen LogP contribution in [0, 0.1) is 18.3 Å². The van der Waals surface area contributed by atoms with Gasteiger partial charge in [-0.2, -0.15) is 9.83 Å². The van der Waals surface area contributed by atoms with Gasteiger partial charge in [-0.15, -0.1) is 0 Å². The molecule has 41 heavy (non-hydrogen) atoms. The van der Waals surface area contributed by atoms with Gasteiger partial charge in [0.25, 0.3) is 5.82 Å². The summed E-state index contributed by atoms with van der Waals surface area (Å²) >= 11 is 0. The van der Waals surface area contributed by atoms with Crippen molar-refractivity contribution in [2.24, 2.45) is 7.05 Å². The van der Waals surface area contributed by atoms with Crippen LogP contribution < -0.4 is 4.57 Å². The highest BCUT2D eigenvalue weighted by molar-refractivity contribution is 5.92. The fourth-order valence-corrected chi connectivity index (χ4v) is 6.30. The van der Waals surface area contributed by atoms with Gasteiger partial charge in [0.2, 0.25) is 0 Å². The smallest absolute Gasteiger partial charge is 0.225 e. The number of benzene rings is 5.